The third-order valence-electron chi connectivity index (χ3n) is 4.78. The second-order valence-corrected chi connectivity index (χ2v) is 8.63. The number of halogens is 1. The van der Waals surface area contributed by atoms with Crippen LogP contribution in [0.3, 0.4) is 0 Å². The van der Waals surface area contributed by atoms with Crippen LogP contribution >= 0.6 is 12.4 Å². The van der Waals surface area contributed by atoms with Gasteiger partial charge in [0, 0.05) is 19.5 Å². The monoisotopic (exact) mass is 338 g/mol. The van der Waals surface area contributed by atoms with Crippen molar-refractivity contribution in [3.05, 3.63) is 0 Å². The van der Waals surface area contributed by atoms with Crippen molar-refractivity contribution >= 4 is 28.2 Å². The predicted octanol–water partition coefficient (Wildman–Crippen LogP) is 1.35. The molecular formula is C14H27ClN2O3S. The van der Waals surface area contributed by atoms with Crippen molar-refractivity contribution in [2.75, 3.05) is 31.1 Å². The van der Waals surface area contributed by atoms with Crippen molar-refractivity contribution in [3.63, 3.8) is 0 Å². The molecule has 0 bridgehead atoms. The van der Waals surface area contributed by atoms with Crippen molar-refractivity contribution in [2.24, 2.45) is 11.1 Å². The third-order valence-corrected chi connectivity index (χ3v) is 6.50. The fraction of sp³-hybridized carbons (Fsp3) is 0.929. The number of sulfone groups is 1. The maximum Gasteiger partial charge on any atom is 0.223 e. The van der Waals surface area contributed by atoms with Crippen molar-refractivity contribution in [1.29, 1.82) is 0 Å². The van der Waals surface area contributed by atoms with E-state index >= 15 is 0 Å². The number of nitrogens with zero attached hydrogens (tertiary/aromatic N) is 1. The van der Waals surface area contributed by atoms with E-state index in [1.165, 1.54) is 6.42 Å². The van der Waals surface area contributed by atoms with Crippen molar-refractivity contribution < 1.29 is 13.2 Å². The summed E-state index contributed by atoms with van der Waals surface area (Å²) in [5.41, 5.74) is 5.88. The van der Waals surface area contributed by atoms with E-state index in [1.807, 2.05) is 0 Å². The van der Waals surface area contributed by atoms with E-state index in [0.29, 0.717) is 32.5 Å². The lowest BCUT2D eigenvalue weighted by molar-refractivity contribution is -0.134. The first-order valence-electron chi connectivity index (χ1n) is 7.65. The second-order valence-electron chi connectivity index (χ2n) is 6.33. The van der Waals surface area contributed by atoms with Crippen LogP contribution in [0.5, 0.6) is 0 Å². The van der Waals surface area contributed by atoms with Crippen molar-refractivity contribution in [1.82, 2.24) is 4.90 Å². The lowest BCUT2D eigenvalue weighted by Crippen LogP contribution is -2.41. The van der Waals surface area contributed by atoms with E-state index in [4.69, 9.17) is 5.73 Å². The first-order valence-corrected chi connectivity index (χ1v) is 9.47. The van der Waals surface area contributed by atoms with Gasteiger partial charge in [-0.1, -0.05) is 19.3 Å². The normalized spacial score (nSPS) is 24.7. The molecule has 2 aliphatic rings. The lowest BCUT2D eigenvalue weighted by Gasteiger charge is -2.37. The summed E-state index contributed by atoms with van der Waals surface area (Å²) in [6.07, 6.45) is 6.64. The van der Waals surface area contributed by atoms with Gasteiger partial charge >= 0.3 is 0 Å². The molecule has 0 aromatic heterocycles. The van der Waals surface area contributed by atoms with Gasteiger partial charge in [0.25, 0.3) is 0 Å². The van der Waals surface area contributed by atoms with Crippen molar-refractivity contribution in [2.45, 2.75) is 44.9 Å². The van der Waals surface area contributed by atoms with E-state index in [9.17, 15) is 13.2 Å². The highest BCUT2D eigenvalue weighted by Crippen LogP contribution is 2.38. The minimum Gasteiger partial charge on any atom is -0.342 e. The first kappa shape index (κ1) is 18.7. The summed E-state index contributed by atoms with van der Waals surface area (Å²) >= 11 is 0. The number of hydrogen-bond acceptors (Lipinski definition) is 4. The molecule has 2 N–H and O–H groups in total. The molecule has 1 aliphatic carbocycles. The van der Waals surface area contributed by atoms with Gasteiger partial charge < -0.3 is 10.6 Å². The Morgan fingerprint density at radius 2 is 1.71 bits per heavy atom. The van der Waals surface area contributed by atoms with E-state index < -0.39 is 9.84 Å². The number of carbonyl (C=O) groups excluding carboxylic acids is 1. The molecule has 5 nitrogen and oxygen atoms in total. The van der Waals surface area contributed by atoms with E-state index in [-0.39, 0.29) is 35.2 Å². The van der Waals surface area contributed by atoms with Gasteiger partial charge in [-0.2, -0.15) is 0 Å². The molecular weight excluding hydrogens is 312 g/mol. The van der Waals surface area contributed by atoms with Gasteiger partial charge in [-0.25, -0.2) is 8.42 Å². The highest BCUT2D eigenvalue weighted by atomic mass is 35.5. The minimum atomic E-state index is -2.96. The van der Waals surface area contributed by atoms with Gasteiger partial charge in [-0.05, 0) is 31.2 Å². The molecule has 0 unspecified atom stereocenters. The number of amides is 1. The summed E-state index contributed by atoms with van der Waals surface area (Å²) in [4.78, 5) is 14.2. The molecule has 1 saturated carbocycles. The second kappa shape index (κ2) is 7.79. The highest BCUT2D eigenvalue weighted by Gasteiger charge is 2.35. The van der Waals surface area contributed by atoms with Crippen LogP contribution in [-0.4, -0.2) is 50.4 Å². The number of rotatable bonds is 3. The van der Waals surface area contributed by atoms with Gasteiger partial charge in [0.2, 0.25) is 5.91 Å². The summed E-state index contributed by atoms with van der Waals surface area (Å²) in [5, 5.41) is 0. The molecule has 0 radical (unpaired) electrons. The Morgan fingerprint density at radius 3 is 2.33 bits per heavy atom. The number of carbonyl (C=O) groups is 1. The number of nitrogens with two attached hydrogens (primary N) is 1. The molecule has 124 valence electrons. The topological polar surface area (TPSA) is 80.5 Å². The van der Waals surface area contributed by atoms with Gasteiger partial charge in [-0.15, -0.1) is 12.4 Å². The van der Waals surface area contributed by atoms with E-state index in [1.54, 1.807) is 4.90 Å². The smallest absolute Gasteiger partial charge is 0.223 e. The Kier molecular flexibility index (Phi) is 6.94. The van der Waals surface area contributed by atoms with Crippen molar-refractivity contribution in [3.8, 4) is 0 Å². The summed E-state index contributed by atoms with van der Waals surface area (Å²) in [6, 6.07) is 0. The quantitative estimate of drug-likeness (QED) is 0.842. The molecule has 0 atom stereocenters. The molecule has 1 aliphatic heterocycles. The molecule has 1 heterocycles. The van der Waals surface area contributed by atoms with E-state index in [2.05, 4.69) is 0 Å². The average molecular weight is 339 g/mol. The zero-order valence-corrected chi connectivity index (χ0v) is 14.2. The molecule has 0 aromatic rings. The Balaban J connectivity index is 0.00000220. The Morgan fingerprint density at radius 1 is 1.05 bits per heavy atom. The molecule has 21 heavy (non-hydrogen) atoms. The van der Waals surface area contributed by atoms with Crippen LogP contribution in [0.1, 0.15) is 44.9 Å². The Labute approximate surface area is 134 Å². The standard InChI is InChI=1S/C14H26N2O3S.ClH/c15-12-14(5-2-1-3-6-14)11-13(17)16-7-4-9-20(18,19)10-8-16;/h1-12,15H2;1H. The zero-order valence-electron chi connectivity index (χ0n) is 12.6. The first-order chi connectivity index (χ1) is 9.46. The maximum absolute atomic E-state index is 12.5. The molecule has 2 fully saturated rings. The minimum absolute atomic E-state index is 0. The van der Waals surface area contributed by atoms with Gasteiger partial charge in [0.15, 0.2) is 9.84 Å². The van der Waals surface area contributed by atoms with Gasteiger partial charge in [0.05, 0.1) is 11.5 Å². The van der Waals surface area contributed by atoms with Crippen LogP contribution in [0.25, 0.3) is 0 Å². The molecule has 1 amide bonds. The summed E-state index contributed by atoms with van der Waals surface area (Å²) in [6.45, 7) is 1.48. The van der Waals surface area contributed by atoms with Crippen LogP contribution < -0.4 is 5.73 Å². The van der Waals surface area contributed by atoms with E-state index in [0.717, 1.165) is 25.7 Å². The highest BCUT2D eigenvalue weighted by molar-refractivity contribution is 7.91. The fourth-order valence-electron chi connectivity index (χ4n) is 3.38. The molecule has 2 rings (SSSR count). The van der Waals surface area contributed by atoms with Crippen LogP contribution in [0, 0.1) is 5.41 Å². The van der Waals surface area contributed by atoms with Gasteiger partial charge in [0.1, 0.15) is 0 Å². The number of hydrogen-bond donors (Lipinski definition) is 1. The van der Waals surface area contributed by atoms with Crippen LogP contribution in [-0.2, 0) is 14.6 Å². The Hall–Kier alpha value is -0.330. The summed E-state index contributed by atoms with van der Waals surface area (Å²) in [7, 11) is -2.96. The lowest BCUT2D eigenvalue weighted by atomic mass is 9.71. The molecule has 7 heteroatoms. The third kappa shape index (κ3) is 5.11. The molecule has 0 aromatic carbocycles. The van der Waals surface area contributed by atoms with Crippen LogP contribution in [0.2, 0.25) is 0 Å². The average Bonchev–Trinajstić information content (AvgIpc) is 2.61. The SMILES string of the molecule is Cl.NCC1(CC(=O)N2CCCS(=O)(=O)CC2)CCCCC1. The molecule has 0 spiro atoms. The maximum atomic E-state index is 12.5. The fourth-order valence-corrected chi connectivity index (χ4v) is 4.65. The van der Waals surface area contributed by atoms with Crippen LogP contribution in [0.15, 0.2) is 0 Å². The summed E-state index contributed by atoms with van der Waals surface area (Å²) < 4.78 is 23.2. The molecule has 1 saturated heterocycles. The Bertz CT molecular complexity index is 447. The van der Waals surface area contributed by atoms with Crippen LogP contribution in [0.4, 0.5) is 0 Å². The van der Waals surface area contributed by atoms with Gasteiger partial charge in [-0.3, -0.25) is 4.79 Å². The summed E-state index contributed by atoms with van der Waals surface area (Å²) in [5.74, 6) is 0.405. The zero-order chi connectivity index (χ0) is 14.6. The predicted molar refractivity (Wildman–Crippen MR) is 86.3 cm³/mol. The largest absolute Gasteiger partial charge is 0.342 e.